The van der Waals surface area contributed by atoms with Gasteiger partial charge >= 0.3 is 0 Å². The number of piperidine rings is 1. The van der Waals surface area contributed by atoms with Crippen molar-refractivity contribution in [2.45, 2.75) is 44.9 Å². The molecule has 21 heavy (non-hydrogen) atoms. The lowest BCUT2D eigenvalue weighted by Crippen LogP contribution is -2.51. The van der Waals surface area contributed by atoms with Gasteiger partial charge in [-0.1, -0.05) is 0 Å². The fraction of sp³-hybridized carbons (Fsp3) is 0.625. The summed E-state index contributed by atoms with van der Waals surface area (Å²) in [5.74, 6) is -0.0300. The molecule has 0 radical (unpaired) electrons. The summed E-state index contributed by atoms with van der Waals surface area (Å²) in [4.78, 5) is 18.5. The number of nitrogens with one attached hydrogen (secondary N) is 1. The number of ether oxygens (including phenoxy) is 1. The van der Waals surface area contributed by atoms with Crippen LogP contribution in [0, 0.1) is 0 Å². The number of hydrogen-bond acceptors (Lipinski definition) is 4. The van der Waals surface area contributed by atoms with Crippen LogP contribution in [-0.4, -0.2) is 47.6 Å². The van der Waals surface area contributed by atoms with Gasteiger partial charge in [0.1, 0.15) is 5.60 Å². The first-order valence-corrected chi connectivity index (χ1v) is 7.48. The Hall–Kier alpha value is -1.46. The van der Waals surface area contributed by atoms with Gasteiger partial charge in [-0.2, -0.15) is 0 Å². The maximum Gasteiger partial charge on any atom is 0.251 e. The summed E-state index contributed by atoms with van der Waals surface area (Å²) in [6, 6.07) is 4.35. The van der Waals surface area contributed by atoms with Crippen LogP contribution in [0.3, 0.4) is 0 Å². The molecule has 1 amide bonds. The smallest absolute Gasteiger partial charge is 0.251 e. The lowest BCUT2D eigenvalue weighted by molar-refractivity contribution is -0.140. The molecule has 5 heteroatoms. The first kappa shape index (κ1) is 15.9. The standard InChI is InChI=1S/C16H25N3O2/c1-16(2,21-3)15(20)18-14-6-10-19(11-7-14)12-13-4-8-17-9-5-13/h4-5,8-9,14H,6-7,10-12H2,1-3H3,(H,18,20). The SMILES string of the molecule is COC(C)(C)C(=O)NC1CCN(Cc2ccncc2)CC1. The van der Waals surface area contributed by atoms with E-state index in [4.69, 9.17) is 4.74 Å². The van der Waals surface area contributed by atoms with Crippen molar-refractivity contribution in [1.29, 1.82) is 0 Å². The molecule has 1 N–H and O–H groups in total. The number of rotatable bonds is 5. The highest BCUT2D eigenvalue weighted by Crippen LogP contribution is 2.15. The van der Waals surface area contributed by atoms with E-state index in [1.807, 2.05) is 12.4 Å². The van der Waals surface area contributed by atoms with Crippen molar-refractivity contribution in [1.82, 2.24) is 15.2 Å². The minimum Gasteiger partial charge on any atom is -0.369 e. The molecular weight excluding hydrogens is 266 g/mol. The van der Waals surface area contributed by atoms with Crippen molar-refractivity contribution in [2.75, 3.05) is 20.2 Å². The highest BCUT2D eigenvalue weighted by atomic mass is 16.5. The molecule has 0 bridgehead atoms. The number of methoxy groups -OCH3 is 1. The fourth-order valence-electron chi connectivity index (χ4n) is 2.43. The molecule has 0 unspecified atom stereocenters. The number of amides is 1. The number of pyridine rings is 1. The Kier molecular flexibility index (Phi) is 5.31. The molecule has 0 aliphatic carbocycles. The number of hydrogen-bond donors (Lipinski definition) is 1. The largest absolute Gasteiger partial charge is 0.369 e. The molecule has 1 saturated heterocycles. The van der Waals surface area contributed by atoms with Crippen molar-refractivity contribution in [3.05, 3.63) is 30.1 Å². The second kappa shape index (κ2) is 7.00. The normalized spacial score (nSPS) is 17.7. The van der Waals surface area contributed by atoms with Crippen molar-refractivity contribution in [3.8, 4) is 0 Å². The first-order chi connectivity index (χ1) is 10.0. The van der Waals surface area contributed by atoms with Gasteiger partial charge in [0.25, 0.3) is 5.91 Å². The van der Waals surface area contributed by atoms with Crippen LogP contribution in [0.5, 0.6) is 0 Å². The average molecular weight is 291 g/mol. The molecular formula is C16H25N3O2. The van der Waals surface area contributed by atoms with Crippen LogP contribution in [0.2, 0.25) is 0 Å². The third-order valence-corrected chi connectivity index (χ3v) is 4.14. The molecule has 0 saturated carbocycles. The van der Waals surface area contributed by atoms with Gasteiger partial charge < -0.3 is 10.1 Å². The van der Waals surface area contributed by atoms with Crippen LogP contribution in [0.4, 0.5) is 0 Å². The van der Waals surface area contributed by atoms with Gasteiger partial charge in [0, 0.05) is 45.2 Å². The van der Waals surface area contributed by atoms with Crippen molar-refractivity contribution >= 4 is 5.91 Å². The zero-order valence-electron chi connectivity index (χ0n) is 13.1. The van der Waals surface area contributed by atoms with Gasteiger partial charge in [0.15, 0.2) is 0 Å². The number of aromatic nitrogens is 1. The highest BCUT2D eigenvalue weighted by Gasteiger charge is 2.30. The average Bonchev–Trinajstić information content (AvgIpc) is 2.50. The Balaban J connectivity index is 1.77. The van der Waals surface area contributed by atoms with Crippen molar-refractivity contribution in [3.63, 3.8) is 0 Å². The second-order valence-electron chi connectivity index (χ2n) is 6.09. The molecule has 116 valence electrons. The first-order valence-electron chi connectivity index (χ1n) is 7.48. The third kappa shape index (κ3) is 4.51. The van der Waals surface area contributed by atoms with E-state index < -0.39 is 5.60 Å². The number of nitrogens with zero attached hydrogens (tertiary/aromatic N) is 2. The predicted octanol–water partition coefficient (Wildman–Crippen LogP) is 1.59. The summed E-state index contributed by atoms with van der Waals surface area (Å²) in [6.45, 7) is 6.54. The van der Waals surface area contributed by atoms with Gasteiger partial charge in [-0.15, -0.1) is 0 Å². The summed E-state index contributed by atoms with van der Waals surface area (Å²) in [7, 11) is 1.57. The van der Waals surface area contributed by atoms with E-state index in [-0.39, 0.29) is 11.9 Å². The maximum absolute atomic E-state index is 12.1. The molecule has 5 nitrogen and oxygen atoms in total. The summed E-state index contributed by atoms with van der Waals surface area (Å²) in [5.41, 5.74) is 0.529. The zero-order chi connectivity index (χ0) is 15.3. The molecule has 0 spiro atoms. The van der Waals surface area contributed by atoms with Gasteiger partial charge in [-0.3, -0.25) is 14.7 Å². The van der Waals surface area contributed by atoms with Crippen LogP contribution in [0.25, 0.3) is 0 Å². The topological polar surface area (TPSA) is 54.5 Å². The third-order valence-electron chi connectivity index (χ3n) is 4.14. The van der Waals surface area contributed by atoms with Gasteiger partial charge in [-0.05, 0) is 44.4 Å². The Morgan fingerprint density at radius 3 is 2.57 bits per heavy atom. The van der Waals surface area contributed by atoms with E-state index in [1.165, 1.54) is 5.56 Å². The minimum atomic E-state index is -0.756. The van der Waals surface area contributed by atoms with E-state index in [0.717, 1.165) is 32.5 Å². The van der Waals surface area contributed by atoms with E-state index in [0.29, 0.717) is 0 Å². The summed E-state index contributed by atoms with van der Waals surface area (Å²) in [5, 5.41) is 3.09. The second-order valence-corrected chi connectivity index (χ2v) is 6.09. The van der Waals surface area contributed by atoms with Gasteiger partial charge in [0.2, 0.25) is 0 Å². The molecule has 1 aliphatic heterocycles. The molecule has 1 aromatic rings. The summed E-state index contributed by atoms with van der Waals surface area (Å²) < 4.78 is 5.21. The van der Waals surface area contributed by atoms with Crippen LogP contribution in [0.15, 0.2) is 24.5 Å². The lowest BCUT2D eigenvalue weighted by atomic mass is 10.0. The van der Waals surface area contributed by atoms with Crippen LogP contribution < -0.4 is 5.32 Å². The minimum absolute atomic E-state index is 0.0300. The molecule has 2 rings (SSSR count). The van der Waals surface area contributed by atoms with Crippen LogP contribution in [-0.2, 0) is 16.1 Å². The lowest BCUT2D eigenvalue weighted by Gasteiger charge is -2.34. The van der Waals surface area contributed by atoms with Crippen molar-refractivity contribution in [2.24, 2.45) is 0 Å². The predicted molar refractivity (Wildman–Crippen MR) is 81.8 cm³/mol. The quantitative estimate of drug-likeness (QED) is 0.895. The summed E-state index contributed by atoms with van der Waals surface area (Å²) >= 11 is 0. The monoisotopic (exact) mass is 291 g/mol. The van der Waals surface area contributed by atoms with E-state index in [2.05, 4.69) is 27.3 Å². The molecule has 0 aromatic carbocycles. The van der Waals surface area contributed by atoms with Crippen LogP contribution >= 0.6 is 0 Å². The fourth-order valence-corrected chi connectivity index (χ4v) is 2.43. The van der Waals surface area contributed by atoms with Crippen LogP contribution in [0.1, 0.15) is 32.3 Å². The Morgan fingerprint density at radius 2 is 2.00 bits per heavy atom. The van der Waals surface area contributed by atoms with E-state index in [1.54, 1.807) is 21.0 Å². The van der Waals surface area contributed by atoms with E-state index >= 15 is 0 Å². The van der Waals surface area contributed by atoms with Gasteiger partial charge in [0.05, 0.1) is 0 Å². The molecule has 1 aromatic heterocycles. The maximum atomic E-state index is 12.1. The number of carbonyl (C=O) groups excluding carboxylic acids is 1. The highest BCUT2D eigenvalue weighted by molar-refractivity contribution is 5.84. The van der Waals surface area contributed by atoms with E-state index in [9.17, 15) is 4.79 Å². The molecule has 2 heterocycles. The summed E-state index contributed by atoms with van der Waals surface area (Å²) in [6.07, 6.45) is 5.62. The Morgan fingerprint density at radius 1 is 1.38 bits per heavy atom. The number of carbonyl (C=O) groups is 1. The number of likely N-dealkylation sites (tertiary alicyclic amines) is 1. The van der Waals surface area contributed by atoms with Gasteiger partial charge in [-0.25, -0.2) is 0 Å². The Labute approximate surface area is 126 Å². The molecule has 1 fully saturated rings. The molecule has 1 aliphatic rings. The molecule has 0 atom stereocenters. The zero-order valence-corrected chi connectivity index (χ0v) is 13.1. The Bertz CT molecular complexity index is 454. The van der Waals surface area contributed by atoms with Crippen molar-refractivity contribution < 1.29 is 9.53 Å².